The molecule has 0 aliphatic carbocycles. The van der Waals surface area contributed by atoms with Crippen molar-refractivity contribution in [3.63, 3.8) is 0 Å². The normalized spacial score (nSPS) is 14.2. The van der Waals surface area contributed by atoms with E-state index in [1.54, 1.807) is 12.1 Å². The lowest BCUT2D eigenvalue weighted by atomic mass is 10.1. The molecule has 8 heteroatoms. The Morgan fingerprint density at radius 3 is 2.09 bits per heavy atom. The Labute approximate surface area is 192 Å². The van der Waals surface area contributed by atoms with E-state index in [2.05, 4.69) is 15.5 Å². The first kappa shape index (κ1) is 26.1. The molecule has 0 bridgehead atoms. The number of ether oxygens (including phenoxy) is 1. The summed E-state index contributed by atoms with van der Waals surface area (Å²) in [4.78, 5) is 24.5. The van der Waals surface area contributed by atoms with Gasteiger partial charge >= 0.3 is 6.09 Å². The number of nitro benzene ring substituents is 1. The summed E-state index contributed by atoms with van der Waals surface area (Å²) in [6, 6.07) is 6.01. The Balaban J connectivity index is 1.32. The van der Waals surface area contributed by atoms with Gasteiger partial charge in [0.15, 0.2) is 0 Å². The van der Waals surface area contributed by atoms with E-state index in [-0.39, 0.29) is 12.3 Å². The van der Waals surface area contributed by atoms with Crippen LogP contribution in [-0.2, 0) is 11.3 Å². The van der Waals surface area contributed by atoms with Gasteiger partial charge in [0.2, 0.25) is 0 Å². The van der Waals surface area contributed by atoms with E-state index >= 15 is 0 Å². The van der Waals surface area contributed by atoms with Gasteiger partial charge in [-0.15, -0.1) is 0 Å². The molecule has 1 aromatic carbocycles. The van der Waals surface area contributed by atoms with E-state index in [1.807, 2.05) is 0 Å². The van der Waals surface area contributed by atoms with Crippen molar-refractivity contribution < 1.29 is 14.5 Å². The molecule has 1 fully saturated rings. The fraction of sp³-hybridized carbons (Fsp3) is 0.708. The molecule has 1 saturated heterocycles. The van der Waals surface area contributed by atoms with Crippen molar-refractivity contribution >= 4 is 11.8 Å². The van der Waals surface area contributed by atoms with Crippen molar-refractivity contribution in [1.29, 1.82) is 0 Å². The minimum absolute atomic E-state index is 0.0274. The fourth-order valence-electron chi connectivity index (χ4n) is 3.91. The molecule has 1 aliphatic heterocycles. The van der Waals surface area contributed by atoms with Gasteiger partial charge in [-0.25, -0.2) is 4.79 Å². The number of nitrogens with one attached hydrogen (secondary N) is 2. The molecule has 1 heterocycles. The predicted octanol–water partition coefficient (Wildman–Crippen LogP) is 4.63. The second-order valence-corrected chi connectivity index (χ2v) is 8.55. The maximum Gasteiger partial charge on any atom is 0.407 e. The number of hydrogen-bond donors (Lipinski definition) is 2. The number of rotatable bonds is 16. The van der Waals surface area contributed by atoms with Gasteiger partial charge in [0.25, 0.3) is 5.69 Å². The minimum Gasteiger partial charge on any atom is -0.445 e. The average Bonchev–Trinajstić information content (AvgIpc) is 2.81. The summed E-state index contributed by atoms with van der Waals surface area (Å²) in [5, 5.41) is 16.8. The van der Waals surface area contributed by atoms with Gasteiger partial charge in [-0.2, -0.15) is 0 Å². The average molecular weight is 449 g/mol. The van der Waals surface area contributed by atoms with E-state index in [0.717, 1.165) is 31.5 Å². The van der Waals surface area contributed by atoms with Gasteiger partial charge in [-0.05, 0) is 37.1 Å². The maximum atomic E-state index is 11.7. The molecule has 0 unspecified atom stereocenters. The highest BCUT2D eigenvalue weighted by Crippen LogP contribution is 2.13. The van der Waals surface area contributed by atoms with Crippen LogP contribution in [0.2, 0.25) is 0 Å². The molecule has 1 aliphatic rings. The van der Waals surface area contributed by atoms with Crippen LogP contribution in [0.4, 0.5) is 10.5 Å². The van der Waals surface area contributed by atoms with E-state index in [0.29, 0.717) is 6.54 Å². The second kappa shape index (κ2) is 16.4. The number of non-ortho nitro benzene ring substituents is 1. The fourth-order valence-corrected chi connectivity index (χ4v) is 3.91. The molecule has 0 spiro atoms. The van der Waals surface area contributed by atoms with Crippen LogP contribution >= 0.6 is 0 Å². The molecule has 32 heavy (non-hydrogen) atoms. The number of hydrogen-bond acceptors (Lipinski definition) is 6. The van der Waals surface area contributed by atoms with Crippen LogP contribution in [0, 0.1) is 10.1 Å². The third-order valence-corrected chi connectivity index (χ3v) is 5.90. The Hall–Kier alpha value is -2.19. The van der Waals surface area contributed by atoms with E-state index < -0.39 is 11.0 Å². The highest BCUT2D eigenvalue weighted by Gasteiger charge is 2.08. The lowest BCUT2D eigenvalue weighted by Gasteiger charge is -2.27. The van der Waals surface area contributed by atoms with Gasteiger partial charge in [-0.1, -0.05) is 51.4 Å². The number of carbonyl (C=O) groups is 1. The number of piperazine rings is 1. The summed E-state index contributed by atoms with van der Waals surface area (Å²) in [6.07, 6.45) is 12.2. The predicted molar refractivity (Wildman–Crippen MR) is 127 cm³/mol. The van der Waals surface area contributed by atoms with Gasteiger partial charge in [0.1, 0.15) is 6.61 Å². The highest BCUT2D eigenvalue weighted by molar-refractivity contribution is 5.67. The lowest BCUT2D eigenvalue weighted by molar-refractivity contribution is -0.384. The topological polar surface area (TPSA) is 96.7 Å². The van der Waals surface area contributed by atoms with Gasteiger partial charge in [0.05, 0.1) is 4.92 Å². The van der Waals surface area contributed by atoms with Gasteiger partial charge in [-0.3, -0.25) is 10.1 Å². The number of nitrogens with zero attached hydrogens (tertiary/aromatic N) is 2. The van der Waals surface area contributed by atoms with E-state index in [4.69, 9.17) is 4.74 Å². The molecule has 1 aromatic rings. The summed E-state index contributed by atoms with van der Waals surface area (Å²) in [5.41, 5.74) is 0.754. The molecule has 0 radical (unpaired) electrons. The number of carbonyl (C=O) groups excluding carboxylic acids is 1. The maximum absolute atomic E-state index is 11.7. The molecule has 1 amide bonds. The molecule has 180 valence electrons. The second-order valence-electron chi connectivity index (χ2n) is 8.55. The zero-order valence-electron chi connectivity index (χ0n) is 19.4. The first-order valence-corrected chi connectivity index (χ1v) is 12.2. The lowest BCUT2D eigenvalue weighted by Crippen LogP contribution is -2.43. The SMILES string of the molecule is O=C(NCCCCCCCCCCCCN1CCNCC1)OCc1ccc([N+](=O)[O-])cc1. The molecule has 0 saturated carbocycles. The molecule has 8 nitrogen and oxygen atoms in total. The summed E-state index contributed by atoms with van der Waals surface area (Å²) in [5.74, 6) is 0. The number of alkyl carbamates (subject to hydrolysis) is 1. The smallest absolute Gasteiger partial charge is 0.407 e. The summed E-state index contributed by atoms with van der Waals surface area (Å²) in [7, 11) is 0. The Morgan fingerprint density at radius 1 is 0.938 bits per heavy atom. The molecule has 0 atom stereocenters. The van der Waals surface area contributed by atoms with E-state index in [9.17, 15) is 14.9 Å². The zero-order valence-corrected chi connectivity index (χ0v) is 19.4. The van der Waals surface area contributed by atoms with E-state index in [1.165, 1.54) is 83.1 Å². The van der Waals surface area contributed by atoms with Crippen molar-refractivity contribution in [2.24, 2.45) is 0 Å². The van der Waals surface area contributed by atoms with Crippen molar-refractivity contribution in [3.8, 4) is 0 Å². The Kier molecular flexibility index (Phi) is 13.4. The minimum atomic E-state index is -0.451. The number of nitro groups is 1. The standard InChI is InChI=1S/C24H40N4O4/c29-24(32-21-22-11-13-23(14-12-22)28(30)31)26-15-9-7-5-3-1-2-4-6-8-10-18-27-19-16-25-17-20-27/h11-14,25H,1-10,15-21H2,(H,26,29). The molecular formula is C24H40N4O4. The summed E-state index contributed by atoms with van der Waals surface area (Å²) in [6.45, 7) is 6.69. The molecule has 2 N–H and O–H groups in total. The molecule has 0 aromatic heterocycles. The number of benzene rings is 1. The number of unbranched alkanes of at least 4 members (excludes halogenated alkanes) is 9. The van der Waals surface area contributed by atoms with Crippen LogP contribution in [0.1, 0.15) is 69.8 Å². The monoisotopic (exact) mass is 448 g/mol. The Bertz CT molecular complexity index is 648. The van der Waals surface area contributed by atoms with Crippen LogP contribution in [0.3, 0.4) is 0 Å². The van der Waals surface area contributed by atoms with Gasteiger partial charge < -0.3 is 20.3 Å². The molecule has 2 rings (SSSR count). The van der Waals surface area contributed by atoms with Crippen LogP contribution in [-0.4, -0.2) is 55.2 Å². The van der Waals surface area contributed by atoms with Gasteiger partial charge in [0, 0.05) is 44.9 Å². The third kappa shape index (κ3) is 12.0. The van der Waals surface area contributed by atoms with Crippen molar-refractivity contribution in [1.82, 2.24) is 15.5 Å². The Morgan fingerprint density at radius 2 is 1.50 bits per heavy atom. The van der Waals surface area contributed by atoms with Crippen LogP contribution in [0.25, 0.3) is 0 Å². The quantitative estimate of drug-likeness (QED) is 0.217. The first-order valence-electron chi connectivity index (χ1n) is 12.2. The molecular weight excluding hydrogens is 408 g/mol. The first-order chi connectivity index (χ1) is 15.6. The van der Waals surface area contributed by atoms with Crippen LogP contribution in [0.5, 0.6) is 0 Å². The van der Waals surface area contributed by atoms with Crippen LogP contribution < -0.4 is 10.6 Å². The van der Waals surface area contributed by atoms with Crippen molar-refractivity contribution in [3.05, 3.63) is 39.9 Å². The summed E-state index contributed by atoms with van der Waals surface area (Å²) >= 11 is 0. The highest BCUT2D eigenvalue weighted by atomic mass is 16.6. The van der Waals surface area contributed by atoms with Crippen molar-refractivity contribution in [2.45, 2.75) is 70.8 Å². The zero-order chi connectivity index (χ0) is 22.9. The largest absolute Gasteiger partial charge is 0.445 e. The summed E-state index contributed by atoms with van der Waals surface area (Å²) < 4.78 is 5.14. The van der Waals surface area contributed by atoms with Crippen molar-refractivity contribution in [2.75, 3.05) is 39.3 Å². The number of amides is 1. The van der Waals surface area contributed by atoms with Crippen LogP contribution in [0.15, 0.2) is 24.3 Å². The third-order valence-electron chi connectivity index (χ3n) is 5.90.